The second-order valence-corrected chi connectivity index (χ2v) is 6.22. The standard InChI is InChI=1S/C16H18O17/c17-6(16(31)33-8(19)2-5(13(25)26)11(22)15(29)30)3-9(20)32-7(18)1-4(12(23)24)10(21)14(27)28/h4-6,10-11,17,21-22H,1-3H2,(H,23,24)(H,25,26)(H,27,28)(H,29,30). The van der Waals surface area contributed by atoms with Crippen molar-refractivity contribution in [2.24, 2.45) is 11.8 Å². The maximum absolute atomic E-state index is 11.6. The van der Waals surface area contributed by atoms with Gasteiger partial charge in [-0.3, -0.25) is 24.0 Å². The summed E-state index contributed by atoms with van der Waals surface area (Å²) in [5, 5.41) is 62.7. The van der Waals surface area contributed by atoms with Gasteiger partial charge >= 0.3 is 47.8 Å². The average molecular weight is 482 g/mol. The minimum Gasteiger partial charge on any atom is -0.481 e. The van der Waals surface area contributed by atoms with E-state index in [0.29, 0.717) is 0 Å². The molecule has 5 atom stereocenters. The zero-order chi connectivity index (χ0) is 26.0. The van der Waals surface area contributed by atoms with E-state index in [2.05, 4.69) is 9.47 Å². The first-order valence-corrected chi connectivity index (χ1v) is 8.51. The molecule has 0 spiro atoms. The lowest BCUT2D eigenvalue weighted by atomic mass is 9.99. The van der Waals surface area contributed by atoms with Gasteiger partial charge in [-0.25, -0.2) is 14.4 Å². The molecular weight excluding hydrogens is 464 g/mol. The number of carbonyl (C=O) groups excluding carboxylic acids is 4. The Hall–Kier alpha value is -3.96. The van der Waals surface area contributed by atoms with Crippen LogP contribution in [0.15, 0.2) is 0 Å². The van der Waals surface area contributed by atoms with Crippen molar-refractivity contribution < 1.29 is 83.6 Å². The number of aliphatic carboxylic acids is 4. The molecule has 5 unspecified atom stereocenters. The Morgan fingerprint density at radius 3 is 1.18 bits per heavy atom. The molecular formula is C16H18O17. The van der Waals surface area contributed by atoms with E-state index < -0.39 is 97.2 Å². The first kappa shape index (κ1) is 29.0. The highest BCUT2D eigenvalue weighted by Gasteiger charge is 2.37. The van der Waals surface area contributed by atoms with E-state index in [-0.39, 0.29) is 0 Å². The normalized spacial score (nSPS) is 15.1. The van der Waals surface area contributed by atoms with Crippen LogP contribution in [0.2, 0.25) is 0 Å². The van der Waals surface area contributed by atoms with Gasteiger partial charge in [-0.15, -0.1) is 0 Å². The number of aliphatic hydroxyl groups is 3. The maximum atomic E-state index is 11.6. The Labute approximate surface area is 181 Å². The molecule has 0 aliphatic carbocycles. The number of aliphatic hydroxyl groups excluding tert-OH is 3. The van der Waals surface area contributed by atoms with Crippen LogP contribution in [0.5, 0.6) is 0 Å². The third-order valence-corrected chi connectivity index (χ3v) is 3.75. The fraction of sp³-hybridized carbons (Fsp3) is 0.500. The van der Waals surface area contributed by atoms with Crippen molar-refractivity contribution in [2.45, 2.75) is 37.6 Å². The molecule has 0 rings (SSSR count). The lowest BCUT2D eigenvalue weighted by Gasteiger charge is -2.15. The molecule has 0 saturated heterocycles. The summed E-state index contributed by atoms with van der Waals surface area (Å²) in [5.74, 6) is -19.1. The molecule has 0 aromatic heterocycles. The molecule has 0 heterocycles. The highest BCUT2D eigenvalue weighted by molar-refractivity contribution is 5.94. The molecule has 33 heavy (non-hydrogen) atoms. The zero-order valence-corrected chi connectivity index (χ0v) is 16.2. The van der Waals surface area contributed by atoms with Crippen LogP contribution in [0.1, 0.15) is 19.3 Å². The van der Waals surface area contributed by atoms with Crippen LogP contribution in [-0.4, -0.2) is 102 Å². The summed E-state index contributed by atoms with van der Waals surface area (Å²) >= 11 is 0. The number of rotatable bonds is 13. The van der Waals surface area contributed by atoms with Gasteiger partial charge in [0.1, 0.15) is 11.8 Å². The summed E-state index contributed by atoms with van der Waals surface area (Å²) < 4.78 is 8.09. The molecule has 0 aromatic carbocycles. The number of hydrogen-bond donors (Lipinski definition) is 7. The van der Waals surface area contributed by atoms with E-state index in [1.165, 1.54) is 0 Å². The van der Waals surface area contributed by atoms with Gasteiger partial charge in [-0.2, -0.15) is 0 Å². The quantitative estimate of drug-likeness (QED) is 0.0970. The van der Waals surface area contributed by atoms with Crippen LogP contribution in [0, 0.1) is 11.8 Å². The second kappa shape index (κ2) is 12.8. The molecule has 0 radical (unpaired) electrons. The van der Waals surface area contributed by atoms with E-state index in [1.807, 2.05) is 0 Å². The molecule has 17 heteroatoms. The highest BCUT2D eigenvalue weighted by atomic mass is 16.6. The summed E-state index contributed by atoms with van der Waals surface area (Å²) in [4.78, 5) is 89.2. The molecule has 7 N–H and O–H groups in total. The summed E-state index contributed by atoms with van der Waals surface area (Å²) in [6, 6.07) is 0. The van der Waals surface area contributed by atoms with Gasteiger partial charge in [0, 0.05) is 0 Å². The molecule has 0 aromatic rings. The molecule has 0 aliphatic heterocycles. The van der Waals surface area contributed by atoms with Crippen LogP contribution in [0.25, 0.3) is 0 Å². The lowest BCUT2D eigenvalue weighted by molar-refractivity contribution is -0.174. The van der Waals surface area contributed by atoms with Crippen molar-refractivity contribution in [3.8, 4) is 0 Å². The largest absolute Gasteiger partial charge is 0.481 e. The minimum absolute atomic E-state index is 1.28. The van der Waals surface area contributed by atoms with Gasteiger partial charge in [0.2, 0.25) is 0 Å². The first-order chi connectivity index (χ1) is 15.1. The molecule has 0 bridgehead atoms. The first-order valence-electron chi connectivity index (χ1n) is 8.51. The lowest BCUT2D eigenvalue weighted by Crippen LogP contribution is -2.38. The predicted molar refractivity (Wildman–Crippen MR) is 91.6 cm³/mol. The van der Waals surface area contributed by atoms with E-state index in [9.17, 15) is 53.7 Å². The van der Waals surface area contributed by atoms with Gasteiger partial charge in [0.25, 0.3) is 0 Å². The number of carboxylic acids is 4. The summed E-state index contributed by atoms with van der Waals surface area (Å²) in [6.45, 7) is 0. The third-order valence-electron chi connectivity index (χ3n) is 3.75. The van der Waals surface area contributed by atoms with Crippen LogP contribution in [0.3, 0.4) is 0 Å². The van der Waals surface area contributed by atoms with Crippen molar-refractivity contribution in [1.82, 2.24) is 0 Å². The zero-order valence-electron chi connectivity index (χ0n) is 16.2. The number of hydrogen-bond acceptors (Lipinski definition) is 13. The number of esters is 4. The van der Waals surface area contributed by atoms with Crippen molar-refractivity contribution in [1.29, 1.82) is 0 Å². The fourth-order valence-corrected chi connectivity index (χ4v) is 2.04. The SMILES string of the molecule is O=C(CC(O)C(=O)OC(=O)CC(C(=O)O)C(O)C(=O)O)OC(=O)CC(C(=O)O)C(O)C(=O)O. The Balaban J connectivity index is 4.84. The predicted octanol–water partition coefficient (Wildman–Crippen LogP) is -4.05. The Kier molecular flexibility index (Phi) is 11.3. The second-order valence-electron chi connectivity index (χ2n) is 6.22. The van der Waals surface area contributed by atoms with E-state index in [4.69, 9.17) is 20.4 Å². The third kappa shape index (κ3) is 9.80. The van der Waals surface area contributed by atoms with Crippen LogP contribution < -0.4 is 0 Å². The molecule has 0 aliphatic rings. The van der Waals surface area contributed by atoms with Crippen LogP contribution in [-0.2, 0) is 47.8 Å². The van der Waals surface area contributed by atoms with Crippen LogP contribution >= 0.6 is 0 Å². The van der Waals surface area contributed by atoms with E-state index in [1.54, 1.807) is 0 Å². The molecule has 0 fully saturated rings. The van der Waals surface area contributed by atoms with Gasteiger partial charge in [0.05, 0.1) is 19.3 Å². The van der Waals surface area contributed by atoms with E-state index >= 15 is 0 Å². The van der Waals surface area contributed by atoms with Gasteiger partial charge < -0.3 is 45.2 Å². The van der Waals surface area contributed by atoms with Gasteiger partial charge in [0.15, 0.2) is 18.3 Å². The highest BCUT2D eigenvalue weighted by Crippen LogP contribution is 2.14. The summed E-state index contributed by atoms with van der Waals surface area (Å²) in [6.07, 6.45) is -11.4. The van der Waals surface area contributed by atoms with E-state index in [0.717, 1.165) is 0 Å². The number of carboxylic acid groups (broad SMARTS) is 4. The smallest absolute Gasteiger partial charge is 0.343 e. The monoisotopic (exact) mass is 482 g/mol. The average Bonchev–Trinajstić information content (AvgIpc) is 2.68. The van der Waals surface area contributed by atoms with Crippen molar-refractivity contribution in [2.75, 3.05) is 0 Å². The van der Waals surface area contributed by atoms with Crippen molar-refractivity contribution in [3.63, 3.8) is 0 Å². The molecule has 0 saturated carbocycles. The molecule has 17 nitrogen and oxygen atoms in total. The molecule has 0 amide bonds. The van der Waals surface area contributed by atoms with Crippen molar-refractivity contribution >= 4 is 47.8 Å². The Morgan fingerprint density at radius 2 is 0.848 bits per heavy atom. The number of ether oxygens (including phenoxy) is 2. The molecule has 184 valence electrons. The fourth-order valence-electron chi connectivity index (χ4n) is 2.04. The Bertz CT molecular complexity index is 829. The summed E-state index contributed by atoms with van der Waals surface area (Å²) in [5.41, 5.74) is 0. The van der Waals surface area contributed by atoms with Gasteiger partial charge in [-0.05, 0) is 0 Å². The maximum Gasteiger partial charge on any atom is 0.343 e. The van der Waals surface area contributed by atoms with Gasteiger partial charge in [-0.1, -0.05) is 0 Å². The Morgan fingerprint density at radius 1 is 0.515 bits per heavy atom. The minimum atomic E-state index is -2.54. The summed E-state index contributed by atoms with van der Waals surface area (Å²) in [7, 11) is 0. The topological polar surface area (TPSA) is 297 Å². The van der Waals surface area contributed by atoms with Crippen molar-refractivity contribution in [3.05, 3.63) is 0 Å². The number of carbonyl (C=O) groups is 8. The van der Waals surface area contributed by atoms with Crippen LogP contribution in [0.4, 0.5) is 0 Å².